The van der Waals surface area contributed by atoms with E-state index in [-0.39, 0.29) is 6.67 Å². The summed E-state index contributed by atoms with van der Waals surface area (Å²) in [5.41, 5.74) is 0. The van der Waals surface area contributed by atoms with Gasteiger partial charge in [-0.05, 0) is 29.0 Å². The highest BCUT2D eigenvalue weighted by Crippen LogP contribution is 2.11. The molecule has 0 saturated heterocycles. The maximum absolute atomic E-state index is 11.7. The van der Waals surface area contributed by atoms with Crippen molar-refractivity contribution in [3.8, 4) is 0 Å². The number of aromatic nitrogens is 2. The van der Waals surface area contributed by atoms with Gasteiger partial charge in [0.05, 0.1) is 10.2 Å². The van der Waals surface area contributed by atoms with Crippen LogP contribution in [0.15, 0.2) is 12.5 Å². The third kappa shape index (κ3) is 2.88. The molecular formula is C7H9FIN3. The topological polar surface area (TPSA) is 37.8 Å². The summed E-state index contributed by atoms with van der Waals surface area (Å²) in [6, 6.07) is 0. The minimum absolute atomic E-state index is 0.297. The minimum atomic E-state index is -0.297. The Morgan fingerprint density at radius 2 is 2.42 bits per heavy atom. The molecule has 5 heteroatoms. The normalized spacial score (nSPS) is 9.83. The van der Waals surface area contributed by atoms with E-state index < -0.39 is 0 Å². The van der Waals surface area contributed by atoms with Crippen LogP contribution in [0.25, 0.3) is 0 Å². The molecule has 0 atom stereocenters. The van der Waals surface area contributed by atoms with Crippen molar-refractivity contribution in [3.63, 3.8) is 0 Å². The first-order chi connectivity index (χ1) is 5.84. The molecule has 0 aliphatic carbocycles. The molecule has 1 aromatic heterocycles. The van der Waals surface area contributed by atoms with Crippen molar-refractivity contribution in [2.24, 2.45) is 0 Å². The SMILES string of the molecule is FCCCNc1ncncc1I. The van der Waals surface area contributed by atoms with Crippen LogP contribution in [0.4, 0.5) is 10.2 Å². The standard InChI is InChI=1S/C7H9FIN3/c8-2-1-3-11-7-6(9)4-10-5-12-7/h4-5H,1-3H2,(H,10,11,12). The molecule has 1 aromatic rings. The zero-order valence-corrected chi connectivity index (χ0v) is 8.58. The Bertz CT molecular complexity index is 244. The molecule has 0 aliphatic heterocycles. The van der Waals surface area contributed by atoms with Gasteiger partial charge in [0.1, 0.15) is 12.1 Å². The molecule has 0 saturated carbocycles. The molecule has 3 nitrogen and oxygen atoms in total. The first-order valence-electron chi connectivity index (χ1n) is 3.60. The monoisotopic (exact) mass is 281 g/mol. The Morgan fingerprint density at radius 1 is 1.58 bits per heavy atom. The second kappa shape index (κ2) is 5.23. The van der Waals surface area contributed by atoms with Gasteiger partial charge in [0.2, 0.25) is 0 Å². The first-order valence-corrected chi connectivity index (χ1v) is 4.68. The number of nitrogens with one attached hydrogen (secondary N) is 1. The second-order valence-electron chi connectivity index (χ2n) is 2.19. The number of nitrogens with zero attached hydrogens (tertiary/aromatic N) is 2. The second-order valence-corrected chi connectivity index (χ2v) is 3.35. The van der Waals surface area contributed by atoms with E-state index in [4.69, 9.17) is 0 Å². The fourth-order valence-electron chi connectivity index (χ4n) is 0.716. The van der Waals surface area contributed by atoms with Gasteiger partial charge in [0, 0.05) is 12.7 Å². The predicted molar refractivity (Wildman–Crippen MR) is 53.8 cm³/mol. The number of alkyl halides is 1. The molecule has 0 unspecified atom stereocenters. The van der Waals surface area contributed by atoms with Crippen molar-refractivity contribution < 1.29 is 4.39 Å². The quantitative estimate of drug-likeness (QED) is 0.676. The van der Waals surface area contributed by atoms with Crippen molar-refractivity contribution in [2.45, 2.75) is 6.42 Å². The van der Waals surface area contributed by atoms with Gasteiger partial charge in [-0.3, -0.25) is 4.39 Å². The van der Waals surface area contributed by atoms with Crippen molar-refractivity contribution >= 4 is 28.4 Å². The molecular weight excluding hydrogens is 272 g/mol. The summed E-state index contributed by atoms with van der Waals surface area (Å²) < 4.78 is 12.7. The average Bonchev–Trinajstić information content (AvgIpc) is 2.09. The Kier molecular flexibility index (Phi) is 4.20. The van der Waals surface area contributed by atoms with Crippen LogP contribution in [0.1, 0.15) is 6.42 Å². The number of hydrogen-bond acceptors (Lipinski definition) is 3. The van der Waals surface area contributed by atoms with Gasteiger partial charge in [-0.25, -0.2) is 9.97 Å². The largest absolute Gasteiger partial charge is 0.369 e. The lowest BCUT2D eigenvalue weighted by Crippen LogP contribution is -2.05. The summed E-state index contributed by atoms with van der Waals surface area (Å²) in [6.45, 7) is 0.318. The molecule has 0 spiro atoms. The van der Waals surface area contributed by atoms with E-state index in [0.29, 0.717) is 13.0 Å². The van der Waals surface area contributed by atoms with Crippen molar-refractivity contribution in [2.75, 3.05) is 18.5 Å². The van der Waals surface area contributed by atoms with Crippen molar-refractivity contribution in [3.05, 3.63) is 16.1 Å². The van der Waals surface area contributed by atoms with Gasteiger partial charge in [-0.15, -0.1) is 0 Å². The van der Waals surface area contributed by atoms with Crippen LogP contribution in [0, 0.1) is 3.57 Å². The highest BCUT2D eigenvalue weighted by Gasteiger charge is 1.97. The highest BCUT2D eigenvalue weighted by atomic mass is 127. The number of halogens is 2. The van der Waals surface area contributed by atoms with Crippen molar-refractivity contribution in [1.29, 1.82) is 0 Å². The minimum Gasteiger partial charge on any atom is -0.369 e. The number of rotatable bonds is 4. The van der Waals surface area contributed by atoms with E-state index in [1.54, 1.807) is 6.20 Å². The van der Waals surface area contributed by atoms with Crippen molar-refractivity contribution in [1.82, 2.24) is 9.97 Å². The molecule has 66 valence electrons. The van der Waals surface area contributed by atoms with E-state index in [1.807, 2.05) is 0 Å². The van der Waals surface area contributed by atoms with Gasteiger partial charge in [-0.2, -0.15) is 0 Å². The lowest BCUT2D eigenvalue weighted by Gasteiger charge is -2.04. The van der Waals surface area contributed by atoms with E-state index in [1.165, 1.54) is 6.33 Å². The molecule has 0 fully saturated rings. The molecule has 1 rings (SSSR count). The molecule has 0 amide bonds. The summed E-state index contributed by atoms with van der Waals surface area (Å²) in [6.07, 6.45) is 3.70. The molecule has 0 aromatic carbocycles. The molecule has 1 N–H and O–H groups in total. The van der Waals surface area contributed by atoms with Crippen LogP contribution in [-0.2, 0) is 0 Å². The van der Waals surface area contributed by atoms with E-state index >= 15 is 0 Å². The van der Waals surface area contributed by atoms with E-state index in [9.17, 15) is 4.39 Å². The molecule has 0 radical (unpaired) electrons. The molecule has 0 aliphatic rings. The predicted octanol–water partition coefficient (Wildman–Crippen LogP) is 1.85. The highest BCUT2D eigenvalue weighted by molar-refractivity contribution is 14.1. The third-order valence-corrected chi connectivity index (χ3v) is 2.06. The summed E-state index contributed by atoms with van der Waals surface area (Å²) in [7, 11) is 0. The summed E-state index contributed by atoms with van der Waals surface area (Å²) >= 11 is 2.13. The maximum atomic E-state index is 11.7. The van der Waals surface area contributed by atoms with Gasteiger partial charge in [-0.1, -0.05) is 0 Å². The lowest BCUT2D eigenvalue weighted by molar-refractivity contribution is 0.481. The molecule has 1 heterocycles. The average molecular weight is 281 g/mol. The number of hydrogen-bond donors (Lipinski definition) is 1. The van der Waals surface area contributed by atoms with Gasteiger partial charge < -0.3 is 5.32 Å². The Balaban J connectivity index is 2.46. The molecule has 12 heavy (non-hydrogen) atoms. The molecule has 0 bridgehead atoms. The number of anilines is 1. The van der Waals surface area contributed by atoms with Crippen LogP contribution in [0.5, 0.6) is 0 Å². The van der Waals surface area contributed by atoms with Crippen LogP contribution in [0.2, 0.25) is 0 Å². The van der Waals surface area contributed by atoms with Crippen LogP contribution >= 0.6 is 22.6 Å². The van der Waals surface area contributed by atoms with E-state index in [0.717, 1.165) is 9.39 Å². The smallest absolute Gasteiger partial charge is 0.142 e. The van der Waals surface area contributed by atoms with Gasteiger partial charge >= 0.3 is 0 Å². The lowest BCUT2D eigenvalue weighted by atomic mass is 10.4. The van der Waals surface area contributed by atoms with Gasteiger partial charge in [0.25, 0.3) is 0 Å². The fraction of sp³-hybridized carbons (Fsp3) is 0.429. The fourth-order valence-corrected chi connectivity index (χ4v) is 1.21. The Hall–Kier alpha value is -0.460. The zero-order chi connectivity index (χ0) is 8.81. The Labute approximate surface area is 83.9 Å². The summed E-state index contributed by atoms with van der Waals surface area (Å²) in [4.78, 5) is 7.84. The van der Waals surface area contributed by atoms with Crippen LogP contribution in [-0.4, -0.2) is 23.2 Å². The van der Waals surface area contributed by atoms with E-state index in [2.05, 4.69) is 37.9 Å². The van der Waals surface area contributed by atoms with Gasteiger partial charge in [0.15, 0.2) is 0 Å². The first kappa shape index (κ1) is 9.63. The third-order valence-electron chi connectivity index (χ3n) is 1.27. The van der Waals surface area contributed by atoms with Crippen LogP contribution < -0.4 is 5.32 Å². The summed E-state index contributed by atoms with van der Waals surface area (Å²) in [5.74, 6) is 0.777. The maximum Gasteiger partial charge on any atom is 0.142 e. The zero-order valence-electron chi connectivity index (χ0n) is 6.43. The summed E-state index contributed by atoms with van der Waals surface area (Å²) in [5, 5.41) is 3.02. The van der Waals surface area contributed by atoms with Crippen LogP contribution in [0.3, 0.4) is 0 Å². The Morgan fingerprint density at radius 3 is 3.08 bits per heavy atom.